The molecule has 9 nitrogen and oxygen atoms in total. The molecule has 9 heteroatoms. The fourth-order valence-corrected chi connectivity index (χ4v) is 4.06. The summed E-state index contributed by atoms with van der Waals surface area (Å²) in [5, 5.41) is 20.1. The van der Waals surface area contributed by atoms with E-state index in [-0.39, 0.29) is 11.8 Å². The van der Waals surface area contributed by atoms with Gasteiger partial charge in [-0.3, -0.25) is 9.89 Å². The predicted molar refractivity (Wildman–Crippen MR) is 98.7 cm³/mol. The number of piperidine rings is 1. The van der Waals surface area contributed by atoms with Crippen LogP contribution in [-0.2, 0) is 0 Å². The SMILES string of the molecule is O=C(c1cn[nH]c1)N1CCC(c2nnc3ccc(N4CCCC4)nn23)CC1. The van der Waals surface area contributed by atoms with Crippen molar-refractivity contribution in [3.63, 3.8) is 0 Å². The second-order valence-corrected chi connectivity index (χ2v) is 7.27. The summed E-state index contributed by atoms with van der Waals surface area (Å²) in [6, 6.07) is 4.03. The van der Waals surface area contributed by atoms with E-state index in [2.05, 4.69) is 25.3 Å². The first kappa shape index (κ1) is 16.2. The number of aromatic nitrogens is 6. The fourth-order valence-electron chi connectivity index (χ4n) is 4.06. The van der Waals surface area contributed by atoms with Gasteiger partial charge in [0, 0.05) is 38.3 Å². The maximum absolute atomic E-state index is 12.5. The molecule has 140 valence electrons. The number of carbonyl (C=O) groups excluding carboxylic acids is 1. The lowest BCUT2D eigenvalue weighted by Crippen LogP contribution is -2.38. The summed E-state index contributed by atoms with van der Waals surface area (Å²) in [5.41, 5.74) is 1.39. The Morgan fingerprint density at radius 2 is 1.89 bits per heavy atom. The molecule has 3 aromatic heterocycles. The maximum atomic E-state index is 12.5. The summed E-state index contributed by atoms with van der Waals surface area (Å²) < 4.78 is 1.89. The number of rotatable bonds is 3. The van der Waals surface area contributed by atoms with E-state index >= 15 is 0 Å². The van der Waals surface area contributed by atoms with Gasteiger partial charge in [0.1, 0.15) is 5.82 Å². The van der Waals surface area contributed by atoms with Crippen molar-refractivity contribution in [1.29, 1.82) is 0 Å². The third kappa shape index (κ3) is 2.92. The van der Waals surface area contributed by atoms with Gasteiger partial charge in [-0.05, 0) is 37.8 Å². The third-order valence-electron chi connectivity index (χ3n) is 5.60. The van der Waals surface area contributed by atoms with Gasteiger partial charge in [0.2, 0.25) is 0 Å². The number of hydrogen-bond donors (Lipinski definition) is 1. The van der Waals surface area contributed by atoms with Crippen LogP contribution in [0.3, 0.4) is 0 Å². The highest BCUT2D eigenvalue weighted by molar-refractivity contribution is 5.93. The quantitative estimate of drug-likeness (QED) is 0.754. The maximum Gasteiger partial charge on any atom is 0.257 e. The molecule has 0 bridgehead atoms. The fraction of sp³-hybridized carbons (Fsp3) is 0.500. The van der Waals surface area contributed by atoms with Crippen molar-refractivity contribution in [2.75, 3.05) is 31.1 Å². The van der Waals surface area contributed by atoms with E-state index < -0.39 is 0 Å². The number of amides is 1. The van der Waals surface area contributed by atoms with Crippen molar-refractivity contribution >= 4 is 17.4 Å². The molecule has 2 aliphatic heterocycles. The number of fused-ring (bicyclic) bond motifs is 1. The third-order valence-corrected chi connectivity index (χ3v) is 5.60. The normalized spacial score (nSPS) is 18.5. The Balaban J connectivity index is 1.34. The molecule has 3 aromatic rings. The van der Waals surface area contributed by atoms with Crippen molar-refractivity contribution < 1.29 is 4.79 Å². The van der Waals surface area contributed by atoms with Crippen molar-refractivity contribution in [2.45, 2.75) is 31.6 Å². The van der Waals surface area contributed by atoms with E-state index in [1.54, 1.807) is 12.4 Å². The molecule has 0 saturated carbocycles. The van der Waals surface area contributed by atoms with Gasteiger partial charge in [-0.2, -0.15) is 9.61 Å². The first-order chi connectivity index (χ1) is 13.3. The summed E-state index contributed by atoms with van der Waals surface area (Å²) in [4.78, 5) is 16.7. The van der Waals surface area contributed by atoms with E-state index in [0.717, 1.165) is 43.2 Å². The van der Waals surface area contributed by atoms with Crippen molar-refractivity contribution in [2.24, 2.45) is 0 Å². The Morgan fingerprint density at radius 3 is 2.63 bits per heavy atom. The molecule has 0 spiro atoms. The molecule has 5 rings (SSSR count). The van der Waals surface area contributed by atoms with E-state index in [4.69, 9.17) is 5.10 Å². The van der Waals surface area contributed by atoms with Gasteiger partial charge in [0.05, 0.1) is 11.8 Å². The predicted octanol–water partition coefficient (Wildman–Crippen LogP) is 1.47. The van der Waals surface area contributed by atoms with Crippen molar-refractivity contribution in [3.8, 4) is 0 Å². The molecule has 2 aliphatic rings. The van der Waals surface area contributed by atoms with Crippen LogP contribution < -0.4 is 4.90 Å². The minimum absolute atomic E-state index is 0.0303. The Morgan fingerprint density at radius 1 is 1.07 bits per heavy atom. The monoisotopic (exact) mass is 366 g/mol. The molecule has 1 N–H and O–H groups in total. The minimum atomic E-state index is 0.0303. The number of carbonyl (C=O) groups is 1. The second kappa shape index (κ2) is 6.64. The Bertz CT molecular complexity index is 936. The first-order valence-electron chi connectivity index (χ1n) is 9.55. The van der Waals surface area contributed by atoms with Gasteiger partial charge >= 0.3 is 0 Å². The number of nitrogens with one attached hydrogen (secondary N) is 1. The molecule has 0 radical (unpaired) electrons. The molecule has 2 fully saturated rings. The van der Waals surface area contributed by atoms with E-state index in [1.165, 1.54) is 12.8 Å². The number of nitrogens with zero attached hydrogens (tertiary/aromatic N) is 7. The van der Waals surface area contributed by atoms with Crippen LogP contribution in [0.1, 0.15) is 47.8 Å². The number of hydrogen-bond acceptors (Lipinski definition) is 6. The van der Waals surface area contributed by atoms with Gasteiger partial charge in [0.25, 0.3) is 5.91 Å². The van der Waals surface area contributed by atoms with E-state index in [9.17, 15) is 4.79 Å². The molecule has 5 heterocycles. The Labute approximate surface area is 156 Å². The van der Waals surface area contributed by atoms with Crippen LogP contribution in [0, 0.1) is 0 Å². The molecule has 0 aromatic carbocycles. The van der Waals surface area contributed by atoms with Crippen LogP contribution in [0.4, 0.5) is 5.82 Å². The van der Waals surface area contributed by atoms with E-state index in [0.29, 0.717) is 18.7 Å². The molecule has 1 amide bonds. The molecule has 0 unspecified atom stereocenters. The average molecular weight is 366 g/mol. The number of anilines is 1. The summed E-state index contributed by atoms with van der Waals surface area (Å²) in [5.74, 6) is 2.19. The average Bonchev–Trinajstić information content (AvgIpc) is 3.48. The summed E-state index contributed by atoms with van der Waals surface area (Å²) in [6.07, 6.45) is 7.38. The van der Waals surface area contributed by atoms with Gasteiger partial charge in [-0.1, -0.05) is 0 Å². The zero-order chi connectivity index (χ0) is 18.2. The van der Waals surface area contributed by atoms with Gasteiger partial charge < -0.3 is 9.80 Å². The summed E-state index contributed by atoms with van der Waals surface area (Å²) >= 11 is 0. The zero-order valence-electron chi connectivity index (χ0n) is 15.1. The van der Waals surface area contributed by atoms with E-state index in [1.807, 2.05) is 21.5 Å². The van der Waals surface area contributed by atoms with Crippen molar-refractivity contribution in [1.82, 2.24) is 34.9 Å². The highest BCUT2D eigenvalue weighted by atomic mass is 16.2. The van der Waals surface area contributed by atoms with Crippen LogP contribution >= 0.6 is 0 Å². The number of aromatic amines is 1. The first-order valence-corrected chi connectivity index (χ1v) is 9.55. The molecule has 0 atom stereocenters. The molecule has 0 aliphatic carbocycles. The lowest BCUT2D eigenvalue weighted by Gasteiger charge is -2.30. The number of likely N-dealkylation sites (tertiary alicyclic amines) is 1. The molecular weight excluding hydrogens is 344 g/mol. The van der Waals surface area contributed by atoms with Gasteiger partial charge in [-0.15, -0.1) is 15.3 Å². The Hall–Kier alpha value is -2.97. The highest BCUT2D eigenvalue weighted by Crippen LogP contribution is 2.28. The Kier molecular flexibility index (Phi) is 3.99. The van der Waals surface area contributed by atoms with Crippen molar-refractivity contribution in [3.05, 3.63) is 35.9 Å². The topological polar surface area (TPSA) is 95.3 Å². The number of H-pyrrole nitrogens is 1. The summed E-state index contributed by atoms with van der Waals surface area (Å²) in [6.45, 7) is 3.53. The molecule has 2 saturated heterocycles. The second-order valence-electron chi connectivity index (χ2n) is 7.27. The highest BCUT2D eigenvalue weighted by Gasteiger charge is 2.28. The minimum Gasteiger partial charge on any atom is -0.355 e. The van der Waals surface area contributed by atoms with Crippen LogP contribution in [0.2, 0.25) is 0 Å². The largest absolute Gasteiger partial charge is 0.355 e. The summed E-state index contributed by atoms with van der Waals surface area (Å²) in [7, 11) is 0. The molecular formula is C18H22N8O. The van der Waals surface area contributed by atoms with Crippen LogP contribution in [0.5, 0.6) is 0 Å². The smallest absolute Gasteiger partial charge is 0.257 e. The van der Waals surface area contributed by atoms with Crippen LogP contribution in [0.25, 0.3) is 5.65 Å². The standard InChI is InChI=1S/C18H22N8O/c27-18(14-11-19-20-12-14)25-9-5-13(6-10-25)17-22-21-15-3-4-16(23-26(15)17)24-7-1-2-8-24/h3-4,11-13H,1-2,5-10H2,(H,19,20). The zero-order valence-corrected chi connectivity index (χ0v) is 15.1. The van der Waals surface area contributed by atoms with Gasteiger partial charge in [0.15, 0.2) is 11.5 Å². The molecule has 27 heavy (non-hydrogen) atoms. The lowest BCUT2D eigenvalue weighted by atomic mass is 9.96. The van der Waals surface area contributed by atoms with Crippen LogP contribution in [0.15, 0.2) is 24.5 Å². The lowest BCUT2D eigenvalue weighted by molar-refractivity contribution is 0.0710. The van der Waals surface area contributed by atoms with Gasteiger partial charge in [-0.25, -0.2) is 0 Å². The van der Waals surface area contributed by atoms with Crippen LogP contribution in [-0.4, -0.2) is 67.0 Å².